The zero-order valence-corrected chi connectivity index (χ0v) is 14.6. The molecule has 0 radical (unpaired) electrons. The van der Waals surface area contributed by atoms with Crippen LogP contribution in [0.25, 0.3) is 0 Å². The molecule has 3 N–H and O–H groups in total. The van der Waals surface area contributed by atoms with Crippen molar-refractivity contribution in [3.05, 3.63) is 23.8 Å². The SMILES string of the molecule is COC(=O)c1ccc(N)c(N2CC[C@H](NC(=O)OC(C)(C)C)C2)c1. The number of benzene rings is 1. The first-order valence-electron chi connectivity index (χ1n) is 7.92. The molecular weight excluding hydrogens is 310 g/mol. The standard InChI is InChI=1S/C17H25N3O4/c1-17(2,3)24-16(22)19-12-7-8-20(10-12)14-9-11(15(21)23-4)5-6-13(14)18/h5-6,9,12H,7-8,10,18H2,1-4H3,(H,19,22)/t12-/m0/s1. The highest BCUT2D eigenvalue weighted by Crippen LogP contribution is 2.28. The van der Waals surface area contributed by atoms with Crippen molar-refractivity contribution in [1.29, 1.82) is 0 Å². The van der Waals surface area contributed by atoms with Crippen LogP contribution in [-0.2, 0) is 9.47 Å². The van der Waals surface area contributed by atoms with E-state index in [1.807, 2.05) is 25.7 Å². The molecule has 24 heavy (non-hydrogen) atoms. The van der Waals surface area contributed by atoms with Crippen LogP contribution in [0.5, 0.6) is 0 Å². The molecule has 132 valence electrons. The van der Waals surface area contributed by atoms with Gasteiger partial charge in [0.2, 0.25) is 0 Å². The molecule has 7 heteroatoms. The van der Waals surface area contributed by atoms with Gasteiger partial charge in [-0.25, -0.2) is 9.59 Å². The summed E-state index contributed by atoms with van der Waals surface area (Å²) in [5, 5.41) is 2.87. The molecule has 1 aromatic carbocycles. The summed E-state index contributed by atoms with van der Waals surface area (Å²) in [4.78, 5) is 25.6. The first-order chi connectivity index (χ1) is 11.2. The Morgan fingerprint density at radius 2 is 2.04 bits per heavy atom. The molecule has 1 atom stereocenters. The molecule has 0 saturated carbocycles. The molecule has 1 aliphatic heterocycles. The van der Waals surface area contributed by atoms with E-state index in [9.17, 15) is 9.59 Å². The van der Waals surface area contributed by atoms with Gasteiger partial charge in [0.25, 0.3) is 0 Å². The summed E-state index contributed by atoms with van der Waals surface area (Å²) in [6, 6.07) is 5.02. The van der Waals surface area contributed by atoms with E-state index in [1.165, 1.54) is 7.11 Å². The Morgan fingerprint density at radius 1 is 1.33 bits per heavy atom. The molecule has 0 unspecified atom stereocenters. The van der Waals surface area contributed by atoms with Gasteiger partial charge in [-0.05, 0) is 45.4 Å². The van der Waals surface area contributed by atoms with Crippen molar-refractivity contribution in [1.82, 2.24) is 5.32 Å². The van der Waals surface area contributed by atoms with Crippen LogP contribution in [0.4, 0.5) is 16.2 Å². The number of amides is 1. The van der Waals surface area contributed by atoms with E-state index in [4.69, 9.17) is 15.2 Å². The fourth-order valence-corrected chi connectivity index (χ4v) is 2.63. The molecule has 0 aliphatic carbocycles. The van der Waals surface area contributed by atoms with Crippen LogP contribution in [0.3, 0.4) is 0 Å². The number of alkyl carbamates (subject to hydrolysis) is 1. The maximum atomic E-state index is 11.9. The topological polar surface area (TPSA) is 93.9 Å². The van der Waals surface area contributed by atoms with Crippen molar-refractivity contribution in [3.8, 4) is 0 Å². The van der Waals surface area contributed by atoms with Crippen LogP contribution in [0.15, 0.2) is 18.2 Å². The molecule has 1 amide bonds. The summed E-state index contributed by atoms with van der Waals surface area (Å²) >= 11 is 0. The number of hydrogen-bond acceptors (Lipinski definition) is 6. The van der Waals surface area contributed by atoms with Gasteiger partial charge >= 0.3 is 12.1 Å². The Bertz CT molecular complexity index is 625. The number of carbonyl (C=O) groups is 2. The van der Waals surface area contributed by atoms with E-state index in [-0.39, 0.29) is 6.04 Å². The number of esters is 1. The highest BCUT2D eigenvalue weighted by Gasteiger charge is 2.27. The smallest absolute Gasteiger partial charge is 0.407 e. The van der Waals surface area contributed by atoms with Crippen molar-refractivity contribution in [2.45, 2.75) is 38.8 Å². The number of nitrogens with zero attached hydrogens (tertiary/aromatic N) is 1. The Kier molecular flexibility index (Phi) is 5.21. The Morgan fingerprint density at radius 3 is 2.67 bits per heavy atom. The van der Waals surface area contributed by atoms with Gasteiger partial charge in [0.15, 0.2) is 0 Å². The summed E-state index contributed by atoms with van der Waals surface area (Å²) in [6.45, 7) is 6.81. The average molecular weight is 335 g/mol. The monoisotopic (exact) mass is 335 g/mol. The summed E-state index contributed by atoms with van der Waals surface area (Å²) in [5.74, 6) is -0.404. The lowest BCUT2D eigenvalue weighted by atomic mass is 10.1. The zero-order chi connectivity index (χ0) is 17.9. The van der Waals surface area contributed by atoms with Crippen LogP contribution < -0.4 is 16.0 Å². The molecule has 1 aliphatic rings. The molecule has 0 spiro atoms. The van der Waals surface area contributed by atoms with E-state index in [0.717, 1.165) is 18.7 Å². The first kappa shape index (κ1) is 17.9. The van der Waals surface area contributed by atoms with Gasteiger partial charge < -0.3 is 25.4 Å². The number of hydrogen-bond donors (Lipinski definition) is 2. The summed E-state index contributed by atoms with van der Waals surface area (Å²) < 4.78 is 10.0. The van der Waals surface area contributed by atoms with E-state index < -0.39 is 17.7 Å². The van der Waals surface area contributed by atoms with Crippen LogP contribution >= 0.6 is 0 Å². The van der Waals surface area contributed by atoms with Crippen LogP contribution in [0.1, 0.15) is 37.6 Å². The van der Waals surface area contributed by atoms with Crippen molar-refractivity contribution in [3.63, 3.8) is 0 Å². The molecule has 1 aromatic rings. The number of ether oxygens (including phenoxy) is 2. The number of nitrogen functional groups attached to an aromatic ring is 1. The van der Waals surface area contributed by atoms with Gasteiger partial charge in [0.05, 0.1) is 30.1 Å². The number of nitrogens with one attached hydrogen (secondary N) is 1. The minimum absolute atomic E-state index is 0.0268. The number of rotatable bonds is 3. The average Bonchev–Trinajstić information content (AvgIpc) is 2.93. The van der Waals surface area contributed by atoms with Gasteiger partial charge in [-0.3, -0.25) is 0 Å². The molecule has 7 nitrogen and oxygen atoms in total. The predicted molar refractivity (Wildman–Crippen MR) is 92.2 cm³/mol. The minimum Gasteiger partial charge on any atom is -0.465 e. The fourth-order valence-electron chi connectivity index (χ4n) is 2.63. The minimum atomic E-state index is -0.526. The number of nitrogens with two attached hydrogens (primary N) is 1. The summed E-state index contributed by atoms with van der Waals surface area (Å²) in [6.07, 6.45) is 0.354. The first-order valence-corrected chi connectivity index (χ1v) is 7.92. The zero-order valence-electron chi connectivity index (χ0n) is 14.6. The summed E-state index contributed by atoms with van der Waals surface area (Å²) in [7, 11) is 1.34. The van der Waals surface area contributed by atoms with E-state index in [1.54, 1.807) is 18.2 Å². The lowest BCUT2D eigenvalue weighted by Gasteiger charge is -2.23. The highest BCUT2D eigenvalue weighted by molar-refractivity contribution is 5.92. The maximum absolute atomic E-state index is 11.9. The molecule has 1 saturated heterocycles. The third kappa shape index (κ3) is 4.53. The van der Waals surface area contributed by atoms with Gasteiger partial charge in [-0.15, -0.1) is 0 Å². The van der Waals surface area contributed by atoms with Crippen molar-refractivity contribution < 1.29 is 19.1 Å². The van der Waals surface area contributed by atoms with Crippen molar-refractivity contribution in [2.24, 2.45) is 0 Å². The second-order valence-electron chi connectivity index (χ2n) is 6.84. The number of anilines is 2. The Balaban J connectivity index is 2.03. The van der Waals surface area contributed by atoms with Crippen LogP contribution in [0, 0.1) is 0 Å². The number of carbonyl (C=O) groups excluding carboxylic acids is 2. The largest absolute Gasteiger partial charge is 0.465 e. The van der Waals surface area contributed by atoms with Gasteiger partial charge in [0, 0.05) is 13.1 Å². The highest BCUT2D eigenvalue weighted by atomic mass is 16.6. The molecule has 1 heterocycles. The Hall–Kier alpha value is -2.44. The molecule has 2 rings (SSSR count). The van der Waals surface area contributed by atoms with Crippen LogP contribution in [-0.4, -0.2) is 43.9 Å². The fraction of sp³-hybridized carbons (Fsp3) is 0.529. The summed E-state index contributed by atoms with van der Waals surface area (Å²) in [5.41, 5.74) is 7.31. The van der Waals surface area contributed by atoms with Crippen molar-refractivity contribution >= 4 is 23.4 Å². The van der Waals surface area contributed by atoms with E-state index >= 15 is 0 Å². The maximum Gasteiger partial charge on any atom is 0.407 e. The molecule has 1 fully saturated rings. The quantitative estimate of drug-likeness (QED) is 0.649. The second kappa shape index (κ2) is 6.98. The normalized spacial score (nSPS) is 17.5. The molecule has 0 bridgehead atoms. The second-order valence-corrected chi connectivity index (χ2v) is 6.84. The Labute approximate surface area is 142 Å². The van der Waals surface area contributed by atoms with Gasteiger partial charge in [0.1, 0.15) is 5.60 Å². The van der Waals surface area contributed by atoms with E-state index in [2.05, 4.69) is 5.32 Å². The van der Waals surface area contributed by atoms with E-state index in [0.29, 0.717) is 17.8 Å². The van der Waals surface area contributed by atoms with Gasteiger partial charge in [-0.1, -0.05) is 0 Å². The molecular formula is C17H25N3O4. The lowest BCUT2D eigenvalue weighted by Crippen LogP contribution is -2.40. The number of methoxy groups -OCH3 is 1. The van der Waals surface area contributed by atoms with Crippen LogP contribution in [0.2, 0.25) is 0 Å². The van der Waals surface area contributed by atoms with Crippen molar-refractivity contribution in [2.75, 3.05) is 30.8 Å². The third-order valence-electron chi connectivity index (χ3n) is 3.70. The predicted octanol–water partition coefficient (Wildman–Crippen LogP) is 2.16. The third-order valence-corrected chi connectivity index (χ3v) is 3.70. The molecule has 0 aromatic heterocycles. The lowest BCUT2D eigenvalue weighted by molar-refractivity contribution is 0.0508. The van der Waals surface area contributed by atoms with Gasteiger partial charge in [-0.2, -0.15) is 0 Å².